The van der Waals surface area contributed by atoms with Crippen LogP contribution in [0.5, 0.6) is 0 Å². The molecule has 0 aromatic heterocycles. The number of nitrogens with zero attached hydrogens (tertiary/aromatic N) is 2. The van der Waals surface area contributed by atoms with Crippen LogP contribution in [0.3, 0.4) is 0 Å². The van der Waals surface area contributed by atoms with Crippen LogP contribution in [-0.2, 0) is 9.59 Å². The molecule has 2 saturated heterocycles. The highest BCUT2D eigenvalue weighted by molar-refractivity contribution is 5.80. The number of carboxylic acid groups (broad SMARTS) is 1. The normalized spacial score (nSPS) is 29.2. The highest BCUT2D eigenvalue weighted by atomic mass is 16.4. The van der Waals surface area contributed by atoms with Crippen molar-refractivity contribution in [3.8, 4) is 0 Å². The van der Waals surface area contributed by atoms with Gasteiger partial charge in [0, 0.05) is 13.1 Å². The average molecular weight is 268 g/mol. The molecule has 5 heteroatoms. The van der Waals surface area contributed by atoms with E-state index in [-0.39, 0.29) is 12.5 Å². The Morgan fingerprint density at radius 1 is 1.16 bits per heavy atom. The minimum absolute atomic E-state index is 0.0969. The van der Waals surface area contributed by atoms with Crippen molar-refractivity contribution >= 4 is 11.9 Å². The molecule has 2 rings (SSSR count). The van der Waals surface area contributed by atoms with E-state index in [1.807, 2.05) is 9.80 Å². The van der Waals surface area contributed by atoms with Crippen LogP contribution in [0, 0.1) is 5.92 Å². The monoisotopic (exact) mass is 268 g/mol. The molecule has 5 nitrogen and oxygen atoms in total. The van der Waals surface area contributed by atoms with E-state index in [2.05, 4.69) is 6.92 Å². The van der Waals surface area contributed by atoms with Crippen molar-refractivity contribution < 1.29 is 14.7 Å². The fourth-order valence-electron chi connectivity index (χ4n) is 3.15. The molecule has 0 aromatic carbocycles. The maximum Gasteiger partial charge on any atom is 0.320 e. The lowest BCUT2D eigenvalue weighted by molar-refractivity contribution is -0.146. The zero-order valence-corrected chi connectivity index (χ0v) is 11.7. The number of likely N-dealkylation sites (tertiary alicyclic amines) is 2. The lowest BCUT2D eigenvalue weighted by Crippen LogP contribution is -2.51. The van der Waals surface area contributed by atoms with Crippen LogP contribution in [0.1, 0.15) is 39.0 Å². The zero-order valence-electron chi connectivity index (χ0n) is 11.7. The van der Waals surface area contributed by atoms with Gasteiger partial charge in [-0.1, -0.05) is 13.3 Å². The average Bonchev–Trinajstić information content (AvgIpc) is 2.39. The molecule has 19 heavy (non-hydrogen) atoms. The van der Waals surface area contributed by atoms with Crippen LogP contribution >= 0.6 is 0 Å². The van der Waals surface area contributed by atoms with Crippen molar-refractivity contribution in [3.05, 3.63) is 0 Å². The summed E-state index contributed by atoms with van der Waals surface area (Å²) in [6.07, 6.45) is 4.86. The molecule has 0 spiro atoms. The Kier molecular flexibility index (Phi) is 4.80. The Hall–Kier alpha value is -1.10. The number of rotatable bonds is 3. The topological polar surface area (TPSA) is 60.9 Å². The van der Waals surface area contributed by atoms with Crippen molar-refractivity contribution in [2.24, 2.45) is 5.92 Å². The molecule has 2 fully saturated rings. The Balaban J connectivity index is 1.91. The third kappa shape index (κ3) is 3.69. The van der Waals surface area contributed by atoms with E-state index in [0.717, 1.165) is 38.9 Å². The van der Waals surface area contributed by atoms with Crippen molar-refractivity contribution in [2.45, 2.75) is 45.1 Å². The van der Waals surface area contributed by atoms with E-state index in [9.17, 15) is 14.7 Å². The lowest BCUT2D eigenvalue weighted by Gasteiger charge is -2.36. The zero-order chi connectivity index (χ0) is 13.8. The fraction of sp³-hybridized carbons (Fsp3) is 0.857. The van der Waals surface area contributed by atoms with Crippen molar-refractivity contribution in [3.63, 3.8) is 0 Å². The largest absolute Gasteiger partial charge is 0.480 e. The van der Waals surface area contributed by atoms with Crippen molar-refractivity contribution in [1.29, 1.82) is 0 Å². The highest BCUT2D eigenvalue weighted by Crippen LogP contribution is 2.19. The van der Waals surface area contributed by atoms with Crippen molar-refractivity contribution in [2.75, 3.05) is 26.2 Å². The van der Waals surface area contributed by atoms with Gasteiger partial charge in [-0.25, -0.2) is 0 Å². The quantitative estimate of drug-likeness (QED) is 0.835. The summed E-state index contributed by atoms with van der Waals surface area (Å²) < 4.78 is 0. The minimum atomic E-state index is -0.792. The number of carbonyl (C=O) groups excluding carboxylic acids is 1. The summed E-state index contributed by atoms with van der Waals surface area (Å²) in [6, 6.07) is -0.472. The predicted octanol–water partition coefficient (Wildman–Crippen LogP) is 1.18. The van der Waals surface area contributed by atoms with Gasteiger partial charge >= 0.3 is 5.97 Å². The maximum absolute atomic E-state index is 12.3. The summed E-state index contributed by atoms with van der Waals surface area (Å²) in [5.41, 5.74) is 0. The first-order valence-corrected chi connectivity index (χ1v) is 7.32. The molecule has 0 bridgehead atoms. The lowest BCUT2D eigenvalue weighted by atomic mass is 9.99. The molecule has 2 atom stereocenters. The third-order valence-corrected chi connectivity index (χ3v) is 4.25. The molecule has 0 saturated carbocycles. The standard InChI is InChI=1S/C14H24N2O3/c1-11-5-4-8-16(9-11)13(17)10-15-7-3-2-6-12(15)14(18)19/h11-12H,2-10H2,1H3,(H,18,19). The van der Waals surface area contributed by atoms with Gasteiger partial charge in [0.15, 0.2) is 0 Å². The van der Waals surface area contributed by atoms with E-state index >= 15 is 0 Å². The summed E-state index contributed by atoms with van der Waals surface area (Å²) >= 11 is 0. The SMILES string of the molecule is CC1CCCN(C(=O)CN2CCCCC2C(=O)O)C1. The Bertz CT molecular complexity index is 346. The second-order valence-electron chi connectivity index (χ2n) is 5.91. The number of piperidine rings is 2. The first kappa shape index (κ1) is 14.3. The van der Waals surface area contributed by atoms with Gasteiger partial charge in [-0.15, -0.1) is 0 Å². The molecule has 0 radical (unpaired) electrons. The number of hydrogen-bond acceptors (Lipinski definition) is 3. The number of hydrogen-bond donors (Lipinski definition) is 1. The van der Waals surface area contributed by atoms with E-state index in [4.69, 9.17) is 0 Å². The summed E-state index contributed by atoms with van der Waals surface area (Å²) in [5.74, 6) is -0.131. The Morgan fingerprint density at radius 2 is 1.95 bits per heavy atom. The summed E-state index contributed by atoms with van der Waals surface area (Å²) in [6.45, 7) is 4.81. The maximum atomic E-state index is 12.3. The molecule has 108 valence electrons. The predicted molar refractivity (Wildman–Crippen MR) is 71.8 cm³/mol. The van der Waals surface area contributed by atoms with E-state index in [1.54, 1.807) is 0 Å². The molecule has 2 unspecified atom stereocenters. The van der Waals surface area contributed by atoms with Crippen LogP contribution in [0.25, 0.3) is 0 Å². The van der Waals surface area contributed by atoms with Crippen LogP contribution < -0.4 is 0 Å². The second-order valence-corrected chi connectivity index (χ2v) is 5.91. The molecular weight excluding hydrogens is 244 g/mol. The molecule has 2 aliphatic rings. The second kappa shape index (κ2) is 6.37. The molecule has 1 N–H and O–H groups in total. The number of carbonyl (C=O) groups is 2. The Labute approximate surface area is 114 Å². The highest BCUT2D eigenvalue weighted by Gasteiger charge is 2.31. The van der Waals surface area contributed by atoms with Crippen LogP contribution in [-0.4, -0.2) is 59.0 Å². The van der Waals surface area contributed by atoms with Gasteiger partial charge in [-0.05, 0) is 38.1 Å². The molecule has 2 heterocycles. The van der Waals surface area contributed by atoms with Crippen molar-refractivity contribution in [1.82, 2.24) is 9.80 Å². The van der Waals surface area contributed by atoms with Gasteiger partial charge in [0.1, 0.15) is 6.04 Å². The molecule has 0 aromatic rings. The molecule has 1 amide bonds. The van der Waals surface area contributed by atoms with E-state index < -0.39 is 12.0 Å². The third-order valence-electron chi connectivity index (χ3n) is 4.25. The number of carboxylic acids is 1. The first-order chi connectivity index (χ1) is 9.08. The molecule has 2 aliphatic heterocycles. The summed E-state index contributed by atoms with van der Waals surface area (Å²) in [5, 5.41) is 9.21. The van der Waals surface area contributed by atoms with Crippen LogP contribution in [0.15, 0.2) is 0 Å². The minimum Gasteiger partial charge on any atom is -0.480 e. The molecular formula is C14H24N2O3. The van der Waals surface area contributed by atoms with Gasteiger partial charge in [0.05, 0.1) is 6.54 Å². The molecule has 0 aliphatic carbocycles. The van der Waals surface area contributed by atoms with Crippen LogP contribution in [0.2, 0.25) is 0 Å². The first-order valence-electron chi connectivity index (χ1n) is 7.32. The van der Waals surface area contributed by atoms with Gasteiger partial charge in [0.25, 0.3) is 0 Å². The van der Waals surface area contributed by atoms with Gasteiger partial charge in [-0.3, -0.25) is 14.5 Å². The van der Waals surface area contributed by atoms with E-state index in [1.165, 1.54) is 6.42 Å². The Morgan fingerprint density at radius 3 is 2.63 bits per heavy atom. The smallest absolute Gasteiger partial charge is 0.320 e. The summed E-state index contributed by atoms with van der Waals surface area (Å²) in [4.78, 5) is 27.2. The number of aliphatic carboxylic acids is 1. The van der Waals surface area contributed by atoms with E-state index in [0.29, 0.717) is 12.3 Å². The number of amides is 1. The van der Waals surface area contributed by atoms with Gasteiger partial charge < -0.3 is 10.0 Å². The summed E-state index contributed by atoms with van der Waals surface area (Å²) in [7, 11) is 0. The van der Waals surface area contributed by atoms with Gasteiger partial charge in [-0.2, -0.15) is 0 Å². The van der Waals surface area contributed by atoms with Gasteiger partial charge in [0.2, 0.25) is 5.91 Å². The fourth-order valence-corrected chi connectivity index (χ4v) is 3.15. The van der Waals surface area contributed by atoms with Crippen LogP contribution in [0.4, 0.5) is 0 Å².